The van der Waals surface area contributed by atoms with Crippen molar-refractivity contribution in [1.82, 2.24) is 9.34 Å². The monoisotopic (exact) mass is 336 g/mol. The van der Waals surface area contributed by atoms with Crippen LogP contribution in [-0.2, 0) is 9.09 Å². The van der Waals surface area contributed by atoms with Crippen LogP contribution in [0.15, 0.2) is 30.3 Å². The van der Waals surface area contributed by atoms with Crippen molar-refractivity contribution in [2.45, 2.75) is 19.4 Å². The fourth-order valence-corrected chi connectivity index (χ4v) is 4.52. The van der Waals surface area contributed by atoms with Crippen LogP contribution in [0.1, 0.15) is 35.9 Å². The molecule has 0 amide bonds. The highest BCUT2D eigenvalue weighted by Gasteiger charge is 2.43. The van der Waals surface area contributed by atoms with Gasteiger partial charge in [0.05, 0.1) is 25.2 Å². The van der Waals surface area contributed by atoms with Crippen LogP contribution in [0.4, 0.5) is 0 Å². The summed E-state index contributed by atoms with van der Waals surface area (Å²) in [7, 11) is -4.87. The summed E-state index contributed by atoms with van der Waals surface area (Å²) in [4.78, 5) is 0. The van der Waals surface area contributed by atoms with Crippen molar-refractivity contribution in [1.29, 1.82) is 0 Å². The predicted octanol–water partition coefficient (Wildman–Crippen LogP) is 1.86. The maximum Gasteiger partial charge on any atom is 0.346 e. The molecular weight excluding hydrogens is 303 g/mol. The molecular formula is C15H25N2O4P. The summed E-state index contributed by atoms with van der Waals surface area (Å²) in [6.07, 6.45) is 0.332. The van der Waals surface area contributed by atoms with E-state index >= 15 is 0 Å². The van der Waals surface area contributed by atoms with Crippen molar-refractivity contribution in [2.24, 2.45) is 0 Å². The van der Waals surface area contributed by atoms with E-state index in [1.807, 2.05) is 0 Å². The second-order valence-electron chi connectivity index (χ2n) is 4.69. The second-order valence-corrected chi connectivity index (χ2v) is 6.84. The van der Waals surface area contributed by atoms with Gasteiger partial charge in [-0.1, -0.05) is 30.3 Å². The number of hydrogen-bond acceptors (Lipinski definition) is 4. The highest BCUT2D eigenvalue weighted by atomic mass is 31.2. The predicted molar refractivity (Wildman–Crippen MR) is 85.5 cm³/mol. The zero-order valence-corrected chi connectivity index (χ0v) is 13.0. The highest BCUT2D eigenvalue weighted by Crippen LogP contribution is 2.59. The van der Waals surface area contributed by atoms with Crippen molar-refractivity contribution in [3.05, 3.63) is 35.9 Å². The maximum atomic E-state index is 14.1. The highest BCUT2D eigenvalue weighted by molar-refractivity contribution is 7.54. The first-order valence-electron chi connectivity index (χ1n) is 10.8. The van der Waals surface area contributed by atoms with Gasteiger partial charge in [0.25, 0.3) is 0 Å². The number of rotatable bonds is 7. The molecule has 2 atom stereocenters. The van der Waals surface area contributed by atoms with E-state index in [2.05, 4.69) is 0 Å². The molecule has 2 unspecified atom stereocenters. The molecule has 22 heavy (non-hydrogen) atoms. The van der Waals surface area contributed by atoms with Gasteiger partial charge in [-0.25, -0.2) is 9.34 Å². The Balaban J connectivity index is 2.71. The van der Waals surface area contributed by atoms with E-state index in [1.54, 1.807) is 37.3 Å². The van der Waals surface area contributed by atoms with Crippen LogP contribution < -0.4 is 0 Å². The molecule has 1 aliphatic heterocycles. The van der Waals surface area contributed by atoms with Crippen LogP contribution in [-0.4, -0.2) is 58.8 Å². The summed E-state index contributed by atoms with van der Waals surface area (Å²) in [6.45, 7) is -13.7. The van der Waals surface area contributed by atoms with Gasteiger partial charge >= 0.3 is 7.67 Å². The molecule has 2 N–H and O–H groups in total. The van der Waals surface area contributed by atoms with E-state index in [-0.39, 0.29) is 17.8 Å². The lowest BCUT2D eigenvalue weighted by atomic mass is 10.1. The first-order valence-corrected chi connectivity index (χ1v) is 8.33. The van der Waals surface area contributed by atoms with Crippen LogP contribution in [0.25, 0.3) is 0 Å². The molecule has 1 fully saturated rings. The number of benzene rings is 1. The van der Waals surface area contributed by atoms with Gasteiger partial charge in [-0.2, -0.15) is 0 Å². The standard InChI is InChI=1S/C15H25N2O4P/c1-14(15-6-3-2-4-7-15)17-8-5-13-21-22(17,20)16(9-11-18)10-12-19/h2-4,6-7,14,18-19H,5,8-13H2,1H3/i9D2,10D2,11D2,12D2. The van der Waals surface area contributed by atoms with E-state index in [1.165, 1.54) is 0 Å². The largest absolute Gasteiger partial charge is 0.395 e. The van der Waals surface area contributed by atoms with Crippen molar-refractivity contribution < 1.29 is 30.3 Å². The third-order valence-corrected chi connectivity index (χ3v) is 5.83. The summed E-state index contributed by atoms with van der Waals surface area (Å²) in [5, 5.41) is 19.6. The smallest absolute Gasteiger partial charge is 0.346 e. The van der Waals surface area contributed by atoms with E-state index in [0.29, 0.717) is 12.0 Å². The van der Waals surface area contributed by atoms with Crippen LogP contribution in [0.5, 0.6) is 0 Å². The topological polar surface area (TPSA) is 73.2 Å². The minimum atomic E-state index is -4.87. The minimum Gasteiger partial charge on any atom is -0.395 e. The zero-order valence-electron chi connectivity index (χ0n) is 20.1. The lowest BCUT2D eigenvalue weighted by molar-refractivity contribution is 0.126. The Hall–Kier alpha value is -0.750. The van der Waals surface area contributed by atoms with Crippen molar-refractivity contribution in [3.63, 3.8) is 0 Å². The summed E-state index contributed by atoms with van der Waals surface area (Å²) in [5.41, 5.74) is 0.614. The van der Waals surface area contributed by atoms with Gasteiger partial charge in [0.2, 0.25) is 0 Å². The summed E-state index contributed by atoms with van der Waals surface area (Å²) in [5.74, 6) is 0. The molecule has 0 aromatic heterocycles. The lowest BCUT2D eigenvalue weighted by Gasteiger charge is -2.43. The third kappa shape index (κ3) is 3.77. The molecule has 1 aromatic carbocycles. The number of nitrogens with zero attached hydrogens (tertiary/aromatic N) is 2. The number of hydrogen-bond donors (Lipinski definition) is 2. The Morgan fingerprint density at radius 2 is 2.00 bits per heavy atom. The van der Waals surface area contributed by atoms with Crippen molar-refractivity contribution in [3.8, 4) is 0 Å². The zero-order chi connectivity index (χ0) is 23.2. The SMILES string of the molecule is [2H]C([2H])(O)C([2H])([2H])N(C([2H])([2H])C([2H])([2H])O)P1(=O)OCCCN1C(C)c1ccccc1. The van der Waals surface area contributed by atoms with E-state index in [4.69, 9.17) is 15.5 Å². The Morgan fingerprint density at radius 1 is 1.36 bits per heavy atom. The quantitative estimate of drug-likeness (QED) is 0.741. The second kappa shape index (κ2) is 8.20. The molecule has 124 valence electrons. The molecule has 6 nitrogen and oxygen atoms in total. The third-order valence-electron chi connectivity index (χ3n) is 3.41. The van der Waals surface area contributed by atoms with Gasteiger partial charge in [0, 0.05) is 31.1 Å². The Labute approximate surface area is 143 Å². The van der Waals surface area contributed by atoms with Gasteiger partial charge < -0.3 is 14.7 Å². The van der Waals surface area contributed by atoms with Gasteiger partial charge in [-0.15, -0.1) is 0 Å². The first kappa shape index (κ1) is 9.52. The molecule has 1 aliphatic rings. The van der Waals surface area contributed by atoms with Gasteiger partial charge in [-0.3, -0.25) is 4.57 Å². The van der Waals surface area contributed by atoms with E-state index in [9.17, 15) is 14.8 Å². The minimum absolute atomic E-state index is 0.0266. The molecule has 0 saturated carbocycles. The lowest BCUT2D eigenvalue weighted by Crippen LogP contribution is -2.40. The van der Waals surface area contributed by atoms with Crippen LogP contribution >= 0.6 is 7.67 Å². The van der Waals surface area contributed by atoms with E-state index < -0.39 is 39.8 Å². The van der Waals surface area contributed by atoms with Crippen molar-refractivity contribution >= 4 is 7.67 Å². The first-order chi connectivity index (χ1) is 13.5. The molecule has 1 saturated heterocycles. The normalized spacial score (nSPS) is 32.5. The van der Waals surface area contributed by atoms with Crippen LogP contribution in [0.2, 0.25) is 0 Å². The molecule has 0 aliphatic carbocycles. The van der Waals surface area contributed by atoms with Crippen molar-refractivity contribution in [2.75, 3.05) is 39.3 Å². The Kier molecular flexibility index (Phi) is 3.55. The Bertz CT molecular complexity index is 761. The molecule has 2 rings (SSSR count). The fraction of sp³-hybridized carbons (Fsp3) is 0.600. The van der Waals surface area contributed by atoms with Gasteiger partial charge in [0.1, 0.15) is 0 Å². The van der Waals surface area contributed by atoms with Crippen LogP contribution in [0, 0.1) is 0 Å². The molecule has 1 heterocycles. The maximum absolute atomic E-state index is 14.1. The van der Waals surface area contributed by atoms with Crippen LogP contribution in [0.3, 0.4) is 0 Å². The molecule has 1 aromatic rings. The summed E-state index contributed by atoms with van der Waals surface area (Å²) >= 11 is 0. The molecule has 0 bridgehead atoms. The summed E-state index contributed by atoms with van der Waals surface area (Å²) < 4.78 is 82.0. The average Bonchev–Trinajstić information content (AvgIpc) is 2.59. The average molecular weight is 336 g/mol. The molecule has 0 radical (unpaired) electrons. The Morgan fingerprint density at radius 3 is 2.59 bits per heavy atom. The number of aliphatic hydroxyl groups is 2. The van der Waals surface area contributed by atoms with E-state index in [0.717, 1.165) is 4.67 Å². The van der Waals surface area contributed by atoms with Gasteiger partial charge in [0.15, 0.2) is 0 Å². The molecule has 7 heteroatoms. The molecule has 0 spiro atoms. The summed E-state index contributed by atoms with van der Waals surface area (Å²) in [6, 6.07) is 7.79. The van der Waals surface area contributed by atoms with Gasteiger partial charge in [-0.05, 0) is 18.9 Å². The fourth-order valence-electron chi connectivity index (χ4n) is 2.35.